The van der Waals surface area contributed by atoms with Gasteiger partial charge in [0.25, 0.3) is 0 Å². The summed E-state index contributed by atoms with van der Waals surface area (Å²) in [6.45, 7) is 9.60. The van der Waals surface area contributed by atoms with Gasteiger partial charge in [-0.2, -0.15) is 10.2 Å². The molecular formula is C17H27N5O. The van der Waals surface area contributed by atoms with Crippen molar-refractivity contribution in [2.75, 3.05) is 6.54 Å². The zero-order valence-corrected chi connectivity index (χ0v) is 14.8. The molecule has 1 amide bonds. The van der Waals surface area contributed by atoms with E-state index in [9.17, 15) is 4.79 Å². The van der Waals surface area contributed by atoms with E-state index in [-0.39, 0.29) is 5.91 Å². The van der Waals surface area contributed by atoms with E-state index in [4.69, 9.17) is 0 Å². The minimum Gasteiger partial charge on any atom is -0.356 e. The fourth-order valence-electron chi connectivity index (χ4n) is 2.86. The number of hydrogen-bond donors (Lipinski definition) is 1. The van der Waals surface area contributed by atoms with Gasteiger partial charge >= 0.3 is 0 Å². The fourth-order valence-corrected chi connectivity index (χ4v) is 2.86. The third-order valence-electron chi connectivity index (χ3n) is 4.23. The van der Waals surface area contributed by atoms with E-state index < -0.39 is 0 Å². The summed E-state index contributed by atoms with van der Waals surface area (Å²) in [6, 6.07) is 2.07. The molecule has 1 N–H and O–H groups in total. The summed E-state index contributed by atoms with van der Waals surface area (Å²) in [5.41, 5.74) is 5.54. The number of nitrogens with one attached hydrogen (secondary N) is 1. The quantitative estimate of drug-likeness (QED) is 0.794. The van der Waals surface area contributed by atoms with Crippen LogP contribution in [0.1, 0.15) is 41.2 Å². The van der Waals surface area contributed by atoms with Crippen LogP contribution in [0.2, 0.25) is 0 Å². The molecule has 0 aromatic carbocycles. The Morgan fingerprint density at radius 3 is 2.52 bits per heavy atom. The highest BCUT2D eigenvalue weighted by atomic mass is 16.1. The van der Waals surface area contributed by atoms with Gasteiger partial charge in [-0.3, -0.25) is 14.2 Å². The zero-order chi connectivity index (χ0) is 17.0. The standard InChI is InChI=1S/C17H27N5O/c1-12-11-13(2)22(19-12)10-6-9-18-17(23)8-7-16-14(3)20-21(5)15(16)4/h11H,6-10H2,1-5H3,(H,18,23). The highest BCUT2D eigenvalue weighted by Crippen LogP contribution is 2.13. The molecule has 0 fully saturated rings. The van der Waals surface area contributed by atoms with Crippen molar-refractivity contribution in [1.29, 1.82) is 0 Å². The molecule has 23 heavy (non-hydrogen) atoms. The predicted molar refractivity (Wildman–Crippen MR) is 90.3 cm³/mol. The van der Waals surface area contributed by atoms with E-state index in [1.54, 1.807) is 0 Å². The van der Waals surface area contributed by atoms with Crippen LogP contribution in [-0.4, -0.2) is 32.0 Å². The van der Waals surface area contributed by atoms with Gasteiger partial charge < -0.3 is 5.32 Å². The van der Waals surface area contributed by atoms with Crippen molar-refractivity contribution >= 4 is 5.91 Å². The number of aryl methyl sites for hydroxylation is 5. The van der Waals surface area contributed by atoms with Gasteiger partial charge in [0.1, 0.15) is 0 Å². The molecule has 0 saturated carbocycles. The molecule has 6 nitrogen and oxygen atoms in total. The normalized spacial score (nSPS) is 11.0. The minimum atomic E-state index is 0.0982. The number of rotatable bonds is 7. The molecule has 2 aromatic rings. The predicted octanol–water partition coefficient (Wildman–Crippen LogP) is 1.99. The highest BCUT2D eigenvalue weighted by molar-refractivity contribution is 5.76. The molecule has 2 aromatic heterocycles. The smallest absolute Gasteiger partial charge is 0.220 e. The molecule has 0 unspecified atom stereocenters. The summed E-state index contributed by atoms with van der Waals surface area (Å²) >= 11 is 0. The van der Waals surface area contributed by atoms with Crippen molar-refractivity contribution in [2.24, 2.45) is 7.05 Å². The average Bonchev–Trinajstić information content (AvgIpc) is 2.92. The van der Waals surface area contributed by atoms with Crippen molar-refractivity contribution in [3.63, 3.8) is 0 Å². The van der Waals surface area contributed by atoms with Gasteiger partial charge in [0.2, 0.25) is 5.91 Å². The van der Waals surface area contributed by atoms with Gasteiger partial charge in [0.15, 0.2) is 0 Å². The minimum absolute atomic E-state index is 0.0982. The molecule has 126 valence electrons. The molecule has 0 saturated heterocycles. The maximum atomic E-state index is 12.0. The number of aromatic nitrogens is 4. The first-order valence-electron chi connectivity index (χ1n) is 8.15. The van der Waals surface area contributed by atoms with E-state index >= 15 is 0 Å². The first-order chi connectivity index (χ1) is 10.9. The van der Waals surface area contributed by atoms with Crippen molar-refractivity contribution in [3.05, 3.63) is 34.4 Å². The summed E-state index contributed by atoms with van der Waals surface area (Å²) in [4.78, 5) is 12.0. The SMILES string of the molecule is Cc1cc(C)n(CCCNC(=O)CCc2c(C)nn(C)c2C)n1. The molecular weight excluding hydrogens is 290 g/mol. The first-order valence-corrected chi connectivity index (χ1v) is 8.15. The number of hydrogen-bond acceptors (Lipinski definition) is 3. The lowest BCUT2D eigenvalue weighted by Gasteiger charge is -2.07. The Hall–Kier alpha value is -2.11. The Labute approximate surface area is 137 Å². The number of nitrogens with zero attached hydrogens (tertiary/aromatic N) is 4. The lowest BCUT2D eigenvalue weighted by atomic mass is 10.1. The maximum Gasteiger partial charge on any atom is 0.220 e. The van der Waals surface area contributed by atoms with Gasteiger partial charge in [0, 0.05) is 37.9 Å². The Bertz CT molecular complexity index is 683. The summed E-state index contributed by atoms with van der Waals surface area (Å²) in [5, 5.41) is 11.8. The van der Waals surface area contributed by atoms with E-state index in [0.717, 1.165) is 42.2 Å². The molecule has 0 atom stereocenters. The molecule has 6 heteroatoms. The molecule has 0 radical (unpaired) electrons. The molecule has 0 aliphatic carbocycles. The van der Waals surface area contributed by atoms with Gasteiger partial charge in [-0.25, -0.2) is 0 Å². The van der Waals surface area contributed by atoms with Crippen LogP contribution in [0.5, 0.6) is 0 Å². The van der Waals surface area contributed by atoms with Crippen LogP contribution < -0.4 is 5.32 Å². The van der Waals surface area contributed by atoms with E-state index in [1.165, 1.54) is 5.56 Å². The second kappa shape index (κ2) is 7.44. The van der Waals surface area contributed by atoms with Crippen LogP contribution in [0.3, 0.4) is 0 Å². The molecule has 0 bridgehead atoms. The summed E-state index contributed by atoms with van der Waals surface area (Å²) in [6.07, 6.45) is 2.14. The topological polar surface area (TPSA) is 64.7 Å². The maximum absolute atomic E-state index is 12.0. The fraction of sp³-hybridized carbons (Fsp3) is 0.588. The largest absolute Gasteiger partial charge is 0.356 e. The van der Waals surface area contributed by atoms with Crippen molar-refractivity contribution in [2.45, 2.75) is 53.5 Å². The third-order valence-corrected chi connectivity index (χ3v) is 4.23. The van der Waals surface area contributed by atoms with Gasteiger partial charge in [-0.15, -0.1) is 0 Å². The highest BCUT2D eigenvalue weighted by Gasteiger charge is 2.11. The number of amides is 1. The van der Waals surface area contributed by atoms with Crippen molar-refractivity contribution in [3.8, 4) is 0 Å². The van der Waals surface area contributed by atoms with Gasteiger partial charge in [-0.05, 0) is 52.2 Å². The van der Waals surface area contributed by atoms with Crippen LogP contribution in [0.15, 0.2) is 6.07 Å². The van der Waals surface area contributed by atoms with E-state index in [1.807, 2.05) is 37.2 Å². The van der Waals surface area contributed by atoms with E-state index in [0.29, 0.717) is 13.0 Å². The molecule has 2 rings (SSSR count). The second-order valence-electron chi connectivity index (χ2n) is 6.13. The first kappa shape index (κ1) is 17.2. The average molecular weight is 317 g/mol. The van der Waals surface area contributed by atoms with Crippen LogP contribution >= 0.6 is 0 Å². The Morgan fingerprint density at radius 1 is 1.22 bits per heavy atom. The van der Waals surface area contributed by atoms with Crippen molar-refractivity contribution in [1.82, 2.24) is 24.9 Å². The second-order valence-corrected chi connectivity index (χ2v) is 6.13. The zero-order valence-electron chi connectivity index (χ0n) is 14.8. The lowest BCUT2D eigenvalue weighted by Crippen LogP contribution is -2.25. The lowest BCUT2D eigenvalue weighted by molar-refractivity contribution is -0.121. The summed E-state index contributed by atoms with van der Waals surface area (Å²) < 4.78 is 3.86. The monoisotopic (exact) mass is 317 g/mol. The van der Waals surface area contributed by atoms with E-state index in [2.05, 4.69) is 28.5 Å². The van der Waals surface area contributed by atoms with Crippen LogP contribution in [0, 0.1) is 27.7 Å². The Morgan fingerprint density at radius 2 is 1.96 bits per heavy atom. The molecule has 2 heterocycles. The number of carbonyl (C=O) groups is 1. The third kappa shape index (κ3) is 4.43. The summed E-state index contributed by atoms with van der Waals surface area (Å²) in [7, 11) is 1.94. The summed E-state index contributed by atoms with van der Waals surface area (Å²) in [5.74, 6) is 0.0982. The van der Waals surface area contributed by atoms with Crippen LogP contribution in [-0.2, 0) is 24.8 Å². The molecule has 0 aliphatic rings. The van der Waals surface area contributed by atoms with Crippen molar-refractivity contribution < 1.29 is 4.79 Å². The van der Waals surface area contributed by atoms with Gasteiger partial charge in [-0.1, -0.05) is 0 Å². The van der Waals surface area contributed by atoms with Crippen LogP contribution in [0.25, 0.3) is 0 Å². The Kier molecular flexibility index (Phi) is 5.58. The molecule has 0 spiro atoms. The molecule has 0 aliphatic heterocycles. The van der Waals surface area contributed by atoms with Crippen LogP contribution in [0.4, 0.5) is 0 Å². The number of carbonyl (C=O) groups excluding carboxylic acids is 1. The Balaban J connectivity index is 1.70. The van der Waals surface area contributed by atoms with Gasteiger partial charge in [0.05, 0.1) is 11.4 Å².